The monoisotopic (exact) mass is 173 g/mol. The molecule has 2 rings (SSSR count). The van der Waals surface area contributed by atoms with Gasteiger partial charge < -0.3 is 14.2 Å². The highest BCUT2D eigenvalue weighted by Gasteiger charge is 2.46. The number of rotatable bonds is 3. The van der Waals surface area contributed by atoms with E-state index in [0.29, 0.717) is 13.5 Å². The molecule has 4 heteroatoms. The average Bonchev–Trinajstić information content (AvgIpc) is 2.58. The maximum atomic E-state index is 5.42. The Morgan fingerprint density at radius 2 is 2.00 bits per heavy atom. The minimum absolute atomic E-state index is 0.0238. The van der Waals surface area contributed by atoms with Gasteiger partial charge in [-0.15, -0.1) is 0 Å². The van der Waals surface area contributed by atoms with Crippen molar-refractivity contribution in [2.75, 3.05) is 39.9 Å². The van der Waals surface area contributed by atoms with Gasteiger partial charge in [-0.3, -0.25) is 0 Å². The fraction of sp³-hybridized carbons (Fsp3) is 1.00. The molecule has 0 spiro atoms. The van der Waals surface area contributed by atoms with Gasteiger partial charge in [-0.05, 0) is 6.92 Å². The predicted molar refractivity (Wildman–Crippen MR) is 42.7 cm³/mol. The van der Waals surface area contributed by atoms with Crippen LogP contribution in [-0.2, 0) is 14.2 Å². The van der Waals surface area contributed by atoms with E-state index in [2.05, 4.69) is 4.90 Å². The molecule has 0 aromatic heterocycles. The van der Waals surface area contributed by atoms with E-state index in [1.165, 1.54) is 0 Å². The van der Waals surface area contributed by atoms with E-state index in [-0.39, 0.29) is 5.54 Å². The molecular weight excluding hydrogens is 158 g/mol. The molecule has 0 N–H and O–H groups in total. The van der Waals surface area contributed by atoms with E-state index in [4.69, 9.17) is 14.2 Å². The van der Waals surface area contributed by atoms with Gasteiger partial charge in [0.25, 0.3) is 0 Å². The number of nitrogens with zero attached hydrogens (tertiary/aromatic N) is 1. The number of hydrogen-bond acceptors (Lipinski definition) is 4. The maximum absolute atomic E-state index is 5.42. The molecule has 2 saturated heterocycles. The lowest BCUT2D eigenvalue weighted by atomic mass is 10.0. The van der Waals surface area contributed by atoms with Gasteiger partial charge in [-0.2, -0.15) is 0 Å². The van der Waals surface area contributed by atoms with Gasteiger partial charge in [-0.25, -0.2) is 4.90 Å². The molecule has 0 unspecified atom stereocenters. The molecule has 2 aliphatic heterocycles. The Hall–Kier alpha value is -0.160. The molecular formula is C8H15NO3. The summed E-state index contributed by atoms with van der Waals surface area (Å²) < 4.78 is 16.2. The van der Waals surface area contributed by atoms with E-state index in [1.807, 2.05) is 6.92 Å². The van der Waals surface area contributed by atoms with Crippen LogP contribution in [0.5, 0.6) is 0 Å². The van der Waals surface area contributed by atoms with Gasteiger partial charge in [0.05, 0.1) is 25.4 Å². The lowest BCUT2D eigenvalue weighted by Crippen LogP contribution is -2.47. The van der Waals surface area contributed by atoms with Crippen molar-refractivity contribution in [2.45, 2.75) is 12.5 Å². The van der Waals surface area contributed by atoms with Crippen LogP contribution < -0.4 is 0 Å². The molecule has 0 bridgehead atoms. The van der Waals surface area contributed by atoms with Crippen molar-refractivity contribution < 1.29 is 14.2 Å². The van der Waals surface area contributed by atoms with Gasteiger partial charge in [0.15, 0.2) is 0 Å². The molecule has 0 aliphatic carbocycles. The summed E-state index contributed by atoms with van der Waals surface area (Å²) in [6, 6.07) is 0. The predicted octanol–water partition coefficient (Wildman–Crippen LogP) is 0.0391. The van der Waals surface area contributed by atoms with Crippen LogP contribution in [0.1, 0.15) is 6.92 Å². The lowest BCUT2D eigenvalue weighted by Gasteiger charge is -2.26. The molecule has 2 heterocycles. The lowest BCUT2D eigenvalue weighted by molar-refractivity contribution is 0.0515. The van der Waals surface area contributed by atoms with Crippen molar-refractivity contribution in [2.24, 2.45) is 0 Å². The van der Waals surface area contributed by atoms with Crippen molar-refractivity contribution >= 4 is 0 Å². The Kier molecular flexibility index (Phi) is 2.32. The zero-order valence-electron chi connectivity index (χ0n) is 7.41. The van der Waals surface area contributed by atoms with E-state index in [0.717, 1.165) is 26.4 Å². The highest BCUT2D eigenvalue weighted by atomic mass is 16.6. The average molecular weight is 173 g/mol. The molecule has 0 amide bonds. The summed E-state index contributed by atoms with van der Waals surface area (Å²) in [4.78, 5) is 2.20. The first kappa shape index (κ1) is 8.44. The highest BCUT2D eigenvalue weighted by molar-refractivity contribution is 4.95. The third-order valence-corrected chi connectivity index (χ3v) is 2.48. The van der Waals surface area contributed by atoms with Crippen molar-refractivity contribution in [3.8, 4) is 0 Å². The first-order valence-electron chi connectivity index (χ1n) is 4.36. The molecule has 2 fully saturated rings. The number of ether oxygens (including phenoxy) is 3. The summed E-state index contributed by atoms with van der Waals surface area (Å²) in [6.07, 6.45) is 0. The number of fused-ring (bicyclic) bond motifs is 1. The molecule has 2 aliphatic rings. The van der Waals surface area contributed by atoms with Gasteiger partial charge in [0.1, 0.15) is 13.5 Å². The Labute approximate surface area is 72.4 Å². The first-order valence-corrected chi connectivity index (χ1v) is 4.36. The summed E-state index contributed by atoms with van der Waals surface area (Å²) >= 11 is 0. The summed E-state index contributed by atoms with van der Waals surface area (Å²) in [6.45, 7) is 6.35. The fourth-order valence-electron chi connectivity index (χ4n) is 1.69. The molecule has 0 atom stereocenters. The second kappa shape index (κ2) is 3.30. The van der Waals surface area contributed by atoms with E-state index in [1.54, 1.807) is 0 Å². The van der Waals surface area contributed by atoms with Crippen molar-refractivity contribution in [1.29, 1.82) is 0 Å². The maximum Gasteiger partial charge on any atom is 0.102 e. The number of hydrogen-bond donors (Lipinski definition) is 0. The minimum atomic E-state index is 0.0238. The molecule has 70 valence electrons. The quantitative estimate of drug-likeness (QED) is 0.603. The van der Waals surface area contributed by atoms with E-state index in [9.17, 15) is 0 Å². The van der Waals surface area contributed by atoms with Crippen molar-refractivity contribution in [3.63, 3.8) is 0 Å². The van der Waals surface area contributed by atoms with Crippen LogP contribution in [0.4, 0.5) is 0 Å². The van der Waals surface area contributed by atoms with E-state index < -0.39 is 0 Å². The Balaban J connectivity index is 1.97. The zero-order chi connectivity index (χ0) is 8.44. The highest BCUT2D eigenvalue weighted by Crippen LogP contribution is 2.28. The second-order valence-electron chi connectivity index (χ2n) is 3.36. The van der Waals surface area contributed by atoms with Gasteiger partial charge in [0, 0.05) is 6.61 Å². The first-order chi connectivity index (χ1) is 5.87. The van der Waals surface area contributed by atoms with Crippen LogP contribution in [0.25, 0.3) is 0 Å². The Morgan fingerprint density at radius 3 is 2.58 bits per heavy atom. The van der Waals surface area contributed by atoms with Crippen LogP contribution in [0, 0.1) is 0 Å². The smallest absolute Gasteiger partial charge is 0.102 e. The fourth-order valence-corrected chi connectivity index (χ4v) is 1.69. The molecule has 4 nitrogen and oxygen atoms in total. The third-order valence-electron chi connectivity index (χ3n) is 2.48. The molecule has 0 radical (unpaired) electrons. The normalized spacial score (nSPS) is 27.8. The van der Waals surface area contributed by atoms with Crippen molar-refractivity contribution in [1.82, 2.24) is 4.90 Å². The molecule has 12 heavy (non-hydrogen) atoms. The summed E-state index contributed by atoms with van der Waals surface area (Å²) in [7, 11) is 0. The third kappa shape index (κ3) is 1.25. The molecule has 0 aromatic rings. The van der Waals surface area contributed by atoms with Crippen LogP contribution >= 0.6 is 0 Å². The van der Waals surface area contributed by atoms with E-state index >= 15 is 0 Å². The summed E-state index contributed by atoms with van der Waals surface area (Å²) in [5.74, 6) is 0. The minimum Gasteiger partial charge on any atom is -0.380 e. The Bertz CT molecular complexity index is 152. The van der Waals surface area contributed by atoms with Crippen LogP contribution in [0.2, 0.25) is 0 Å². The largest absolute Gasteiger partial charge is 0.380 e. The summed E-state index contributed by atoms with van der Waals surface area (Å²) in [5, 5.41) is 0. The van der Waals surface area contributed by atoms with Crippen LogP contribution in [0.15, 0.2) is 0 Å². The summed E-state index contributed by atoms with van der Waals surface area (Å²) in [5.41, 5.74) is 0.0238. The SMILES string of the molecule is CCOCC12COCN1COC2. The van der Waals surface area contributed by atoms with Crippen molar-refractivity contribution in [3.05, 3.63) is 0 Å². The molecule has 0 aromatic carbocycles. The van der Waals surface area contributed by atoms with Gasteiger partial charge in [-0.1, -0.05) is 0 Å². The van der Waals surface area contributed by atoms with Gasteiger partial charge in [0.2, 0.25) is 0 Å². The zero-order valence-corrected chi connectivity index (χ0v) is 7.41. The van der Waals surface area contributed by atoms with Gasteiger partial charge >= 0.3 is 0 Å². The Morgan fingerprint density at radius 1 is 1.33 bits per heavy atom. The van der Waals surface area contributed by atoms with Crippen LogP contribution in [0.3, 0.4) is 0 Å². The topological polar surface area (TPSA) is 30.9 Å². The van der Waals surface area contributed by atoms with Crippen LogP contribution in [-0.4, -0.2) is 50.3 Å². The standard InChI is InChI=1S/C8H15NO3/c1-2-10-3-8-4-11-6-9(8)7-12-5-8/h2-7H2,1H3. The second-order valence-corrected chi connectivity index (χ2v) is 3.36. The molecule has 0 saturated carbocycles.